The molecule has 0 aromatic carbocycles. The molecule has 10 heavy (non-hydrogen) atoms. The van der Waals surface area contributed by atoms with Gasteiger partial charge in [-0.2, -0.15) is 23.5 Å². The fourth-order valence-electron chi connectivity index (χ4n) is 0.951. The second kappa shape index (κ2) is 7.80. The average molecular weight is 178 g/mol. The molecule has 0 spiro atoms. The molecule has 1 atom stereocenters. The Morgan fingerprint density at radius 3 is 2.30 bits per heavy atom. The van der Waals surface area contributed by atoms with Crippen molar-refractivity contribution < 1.29 is 0 Å². The first-order chi connectivity index (χ1) is 4.85. The zero-order valence-corrected chi connectivity index (χ0v) is 8.86. The van der Waals surface area contributed by atoms with E-state index < -0.39 is 0 Å². The largest absolute Gasteiger partial charge is 0.165 e. The van der Waals surface area contributed by atoms with Crippen LogP contribution in [0.5, 0.6) is 0 Å². The van der Waals surface area contributed by atoms with Gasteiger partial charge in [0.05, 0.1) is 0 Å². The van der Waals surface area contributed by atoms with Gasteiger partial charge < -0.3 is 0 Å². The molecule has 0 bridgehead atoms. The van der Waals surface area contributed by atoms with Crippen molar-refractivity contribution in [1.29, 1.82) is 0 Å². The summed E-state index contributed by atoms with van der Waals surface area (Å²) < 4.78 is 0. The Morgan fingerprint density at radius 2 is 1.90 bits per heavy atom. The second-order valence-electron chi connectivity index (χ2n) is 2.43. The summed E-state index contributed by atoms with van der Waals surface area (Å²) in [5.74, 6) is 1.32. The fourth-order valence-corrected chi connectivity index (χ4v) is 2.45. The van der Waals surface area contributed by atoms with E-state index in [1.54, 1.807) is 0 Å². The second-order valence-corrected chi connectivity index (χ2v) is 4.55. The van der Waals surface area contributed by atoms with Gasteiger partial charge in [-0.1, -0.05) is 13.3 Å². The van der Waals surface area contributed by atoms with Crippen LogP contribution in [0.4, 0.5) is 0 Å². The van der Waals surface area contributed by atoms with E-state index in [2.05, 4.69) is 19.4 Å². The molecule has 0 saturated carbocycles. The van der Waals surface area contributed by atoms with Gasteiger partial charge in [0, 0.05) is 5.25 Å². The van der Waals surface area contributed by atoms with Crippen molar-refractivity contribution >= 4 is 23.5 Å². The predicted octanol–water partition coefficient (Wildman–Crippen LogP) is 3.27. The molecule has 0 rings (SSSR count). The number of thioether (sulfide) groups is 2. The molecule has 0 saturated heterocycles. The summed E-state index contributed by atoms with van der Waals surface area (Å²) in [6.45, 7) is 2.27. The van der Waals surface area contributed by atoms with E-state index in [0.29, 0.717) is 0 Å². The highest BCUT2D eigenvalue weighted by atomic mass is 32.2. The van der Waals surface area contributed by atoms with Crippen LogP contribution in [0.25, 0.3) is 0 Å². The minimum atomic E-state index is 0.914. The van der Waals surface area contributed by atoms with E-state index in [0.717, 1.165) is 5.25 Å². The Hall–Kier alpha value is 0.700. The molecule has 0 nitrogen and oxygen atoms in total. The van der Waals surface area contributed by atoms with E-state index in [-0.39, 0.29) is 0 Å². The highest BCUT2D eigenvalue weighted by Crippen LogP contribution is 2.18. The zero-order valence-electron chi connectivity index (χ0n) is 7.22. The monoisotopic (exact) mass is 178 g/mol. The molecule has 62 valence electrons. The fraction of sp³-hybridized carbons (Fsp3) is 1.00. The highest BCUT2D eigenvalue weighted by Gasteiger charge is 2.03. The molecule has 2 heteroatoms. The van der Waals surface area contributed by atoms with E-state index in [1.807, 2.05) is 23.5 Å². The van der Waals surface area contributed by atoms with Crippen LogP contribution in [0.2, 0.25) is 0 Å². The molecule has 0 fully saturated rings. The van der Waals surface area contributed by atoms with Gasteiger partial charge in [-0.3, -0.25) is 0 Å². The molecular weight excluding hydrogens is 160 g/mol. The summed E-state index contributed by atoms with van der Waals surface area (Å²) >= 11 is 3.98. The summed E-state index contributed by atoms with van der Waals surface area (Å²) in [5.41, 5.74) is 0. The Balaban J connectivity index is 3.21. The highest BCUT2D eigenvalue weighted by molar-refractivity contribution is 7.99. The lowest BCUT2D eigenvalue weighted by atomic mass is 10.2. The topological polar surface area (TPSA) is 0 Å². The average Bonchev–Trinajstić information content (AvgIpc) is 1.98. The minimum absolute atomic E-state index is 0.914. The van der Waals surface area contributed by atoms with Crippen LogP contribution >= 0.6 is 23.5 Å². The van der Waals surface area contributed by atoms with Crippen molar-refractivity contribution in [2.75, 3.05) is 18.3 Å². The number of hydrogen-bond acceptors (Lipinski definition) is 2. The normalized spacial score (nSPS) is 13.5. The molecule has 0 heterocycles. The van der Waals surface area contributed by atoms with Crippen molar-refractivity contribution in [3.63, 3.8) is 0 Å². The summed E-state index contributed by atoms with van der Waals surface area (Å²) in [7, 11) is 0. The van der Waals surface area contributed by atoms with Gasteiger partial charge in [-0.05, 0) is 31.1 Å². The molecule has 0 amide bonds. The Kier molecular flexibility index (Phi) is 8.35. The first kappa shape index (κ1) is 10.7. The third-order valence-corrected chi connectivity index (χ3v) is 3.37. The lowest BCUT2D eigenvalue weighted by molar-refractivity contribution is 0.725. The first-order valence-electron chi connectivity index (χ1n) is 3.86. The molecule has 0 aromatic rings. The molecule has 0 aliphatic rings. The van der Waals surface area contributed by atoms with Crippen molar-refractivity contribution in [3.8, 4) is 0 Å². The van der Waals surface area contributed by atoms with Gasteiger partial charge in [0.25, 0.3) is 0 Å². The van der Waals surface area contributed by atoms with Crippen LogP contribution in [0.15, 0.2) is 0 Å². The third-order valence-electron chi connectivity index (χ3n) is 1.59. The molecule has 0 aromatic heterocycles. The van der Waals surface area contributed by atoms with E-state index in [9.17, 15) is 0 Å². The standard InChI is InChI=1S/C8H18S2/c1-4-5-8(10-3)6-7-9-2/h8H,4-7H2,1-3H3. The lowest BCUT2D eigenvalue weighted by Crippen LogP contribution is -2.02. The number of rotatable bonds is 6. The van der Waals surface area contributed by atoms with Crippen LogP contribution in [0, 0.1) is 0 Å². The van der Waals surface area contributed by atoms with Gasteiger partial charge in [-0.25, -0.2) is 0 Å². The third kappa shape index (κ3) is 5.48. The zero-order chi connectivity index (χ0) is 7.82. The lowest BCUT2D eigenvalue weighted by Gasteiger charge is -2.11. The molecule has 0 aliphatic carbocycles. The summed E-state index contributed by atoms with van der Waals surface area (Å²) in [4.78, 5) is 0. The van der Waals surface area contributed by atoms with Crippen LogP contribution in [-0.4, -0.2) is 23.5 Å². The van der Waals surface area contributed by atoms with Crippen LogP contribution in [0.3, 0.4) is 0 Å². The first-order valence-corrected chi connectivity index (χ1v) is 6.55. The van der Waals surface area contributed by atoms with Gasteiger partial charge in [0.15, 0.2) is 0 Å². The van der Waals surface area contributed by atoms with Crippen LogP contribution in [-0.2, 0) is 0 Å². The predicted molar refractivity (Wildman–Crippen MR) is 55.2 cm³/mol. The van der Waals surface area contributed by atoms with E-state index in [4.69, 9.17) is 0 Å². The van der Waals surface area contributed by atoms with Crippen LogP contribution in [0.1, 0.15) is 26.2 Å². The van der Waals surface area contributed by atoms with Gasteiger partial charge in [-0.15, -0.1) is 0 Å². The van der Waals surface area contributed by atoms with Gasteiger partial charge in [0.1, 0.15) is 0 Å². The van der Waals surface area contributed by atoms with E-state index >= 15 is 0 Å². The van der Waals surface area contributed by atoms with Crippen molar-refractivity contribution in [2.45, 2.75) is 31.4 Å². The van der Waals surface area contributed by atoms with Gasteiger partial charge >= 0.3 is 0 Å². The summed E-state index contributed by atoms with van der Waals surface area (Å²) in [5, 5.41) is 0.914. The van der Waals surface area contributed by atoms with E-state index in [1.165, 1.54) is 25.0 Å². The Labute approximate surface area is 73.5 Å². The minimum Gasteiger partial charge on any atom is -0.165 e. The maximum atomic E-state index is 2.27. The quantitative estimate of drug-likeness (QED) is 0.612. The van der Waals surface area contributed by atoms with Gasteiger partial charge in [0.2, 0.25) is 0 Å². The molecule has 1 unspecified atom stereocenters. The number of hydrogen-bond donors (Lipinski definition) is 0. The smallest absolute Gasteiger partial charge is 0.00520 e. The summed E-state index contributed by atoms with van der Waals surface area (Å²) in [6, 6.07) is 0. The molecular formula is C8H18S2. The van der Waals surface area contributed by atoms with Crippen molar-refractivity contribution in [2.24, 2.45) is 0 Å². The molecule has 0 N–H and O–H groups in total. The SMILES string of the molecule is CCCC(CCSC)SC. The maximum absolute atomic E-state index is 2.27. The van der Waals surface area contributed by atoms with Crippen molar-refractivity contribution in [1.82, 2.24) is 0 Å². The maximum Gasteiger partial charge on any atom is 0.00520 e. The Morgan fingerprint density at radius 1 is 1.20 bits per heavy atom. The summed E-state index contributed by atoms with van der Waals surface area (Å²) in [6.07, 6.45) is 8.52. The Bertz CT molecular complexity index is 64.3. The molecule has 0 aliphatic heterocycles. The van der Waals surface area contributed by atoms with Crippen LogP contribution < -0.4 is 0 Å². The molecule has 0 radical (unpaired) electrons. The van der Waals surface area contributed by atoms with Crippen molar-refractivity contribution in [3.05, 3.63) is 0 Å².